The molecule has 21 heavy (non-hydrogen) atoms. The second-order valence-corrected chi connectivity index (χ2v) is 7.66. The molecule has 0 aromatic heterocycles. The molecule has 0 radical (unpaired) electrons. The van der Waals surface area contributed by atoms with Crippen LogP contribution < -0.4 is 0 Å². The number of benzene rings is 1. The highest BCUT2D eigenvalue weighted by Crippen LogP contribution is 2.30. The summed E-state index contributed by atoms with van der Waals surface area (Å²) in [5, 5.41) is 10.8. The van der Waals surface area contributed by atoms with Crippen molar-refractivity contribution in [3.8, 4) is 0 Å². The summed E-state index contributed by atoms with van der Waals surface area (Å²) in [7, 11) is -3.82. The highest BCUT2D eigenvalue weighted by atomic mass is 35.5. The van der Waals surface area contributed by atoms with E-state index in [9.17, 15) is 18.5 Å². The van der Waals surface area contributed by atoms with Crippen molar-refractivity contribution >= 4 is 27.3 Å². The molecule has 0 amide bonds. The molecule has 1 aliphatic heterocycles. The van der Waals surface area contributed by atoms with Gasteiger partial charge in [-0.1, -0.05) is 11.6 Å². The summed E-state index contributed by atoms with van der Waals surface area (Å²) in [5.74, 6) is 0. The van der Waals surface area contributed by atoms with Crippen molar-refractivity contribution < 1.29 is 18.1 Å². The van der Waals surface area contributed by atoms with Crippen LogP contribution in [0.5, 0.6) is 0 Å². The fourth-order valence-corrected chi connectivity index (χ4v) is 3.90. The number of ether oxygens (including phenoxy) is 1. The molecule has 0 N–H and O–H groups in total. The molecule has 1 heterocycles. The first-order valence-corrected chi connectivity index (χ1v) is 8.03. The number of halogens is 1. The topological polar surface area (TPSA) is 89.8 Å². The lowest BCUT2D eigenvalue weighted by Crippen LogP contribution is -2.50. The Labute approximate surface area is 127 Å². The maximum absolute atomic E-state index is 12.6. The Kier molecular flexibility index (Phi) is 4.25. The SMILES string of the molecule is CC1(C)CN(S(=O)(=O)c2ccc(Cl)c([N+](=O)[O-])c2)CCO1. The first kappa shape index (κ1) is 16.2. The van der Waals surface area contributed by atoms with Crippen LogP contribution >= 0.6 is 11.6 Å². The second kappa shape index (κ2) is 5.53. The van der Waals surface area contributed by atoms with Crippen LogP contribution in [0.25, 0.3) is 0 Å². The van der Waals surface area contributed by atoms with Crippen LogP contribution in [0.3, 0.4) is 0 Å². The zero-order valence-electron chi connectivity index (χ0n) is 11.6. The van der Waals surface area contributed by atoms with Crippen LogP contribution in [0.15, 0.2) is 23.1 Å². The third kappa shape index (κ3) is 3.34. The predicted octanol–water partition coefficient (Wildman–Crippen LogP) is 2.05. The molecule has 1 fully saturated rings. The number of hydrogen-bond donors (Lipinski definition) is 0. The molecule has 9 heteroatoms. The first-order valence-electron chi connectivity index (χ1n) is 6.21. The third-order valence-corrected chi connectivity index (χ3v) is 5.30. The van der Waals surface area contributed by atoms with E-state index >= 15 is 0 Å². The monoisotopic (exact) mass is 334 g/mol. The lowest BCUT2D eigenvalue weighted by molar-refractivity contribution is -0.384. The number of rotatable bonds is 3. The van der Waals surface area contributed by atoms with Crippen molar-refractivity contribution in [2.75, 3.05) is 19.7 Å². The lowest BCUT2D eigenvalue weighted by Gasteiger charge is -2.37. The van der Waals surface area contributed by atoms with Crippen molar-refractivity contribution in [3.05, 3.63) is 33.3 Å². The molecule has 2 rings (SSSR count). The molecule has 1 aromatic rings. The van der Waals surface area contributed by atoms with E-state index in [-0.39, 0.29) is 29.6 Å². The van der Waals surface area contributed by atoms with Gasteiger partial charge in [0, 0.05) is 19.2 Å². The molecule has 1 aromatic carbocycles. The minimum absolute atomic E-state index is 0.0961. The van der Waals surface area contributed by atoms with E-state index in [2.05, 4.69) is 0 Å². The summed E-state index contributed by atoms with van der Waals surface area (Å²) in [5.41, 5.74) is -1.02. The lowest BCUT2D eigenvalue weighted by atomic mass is 10.1. The van der Waals surface area contributed by atoms with Crippen molar-refractivity contribution in [2.24, 2.45) is 0 Å². The summed E-state index contributed by atoms with van der Waals surface area (Å²) in [6.07, 6.45) is 0. The fourth-order valence-electron chi connectivity index (χ4n) is 2.12. The van der Waals surface area contributed by atoms with E-state index in [1.807, 2.05) is 0 Å². The number of hydrogen-bond acceptors (Lipinski definition) is 5. The number of nitro groups is 1. The van der Waals surface area contributed by atoms with Gasteiger partial charge in [-0.2, -0.15) is 4.31 Å². The van der Waals surface area contributed by atoms with Gasteiger partial charge in [-0.3, -0.25) is 10.1 Å². The molecule has 116 valence electrons. The molecule has 0 unspecified atom stereocenters. The van der Waals surface area contributed by atoms with E-state index < -0.39 is 26.2 Å². The highest BCUT2D eigenvalue weighted by molar-refractivity contribution is 7.89. The van der Waals surface area contributed by atoms with E-state index in [0.717, 1.165) is 6.07 Å². The molecule has 1 saturated heterocycles. The number of nitro benzene ring substituents is 1. The smallest absolute Gasteiger partial charge is 0.289 e. The quantitative estimate of drug-likeness (QED) is 0.623. The van der Waals surface area contributed by atoms with Gasteiger partial charge >= 0.3 is 0 Å². The molecule has 0 aliphatic carbocycles. The van der Waals surface area contributed by atoms with Gasteiger partial charge in [0.05, 0.1) is 22.0 Å². The number of nitrogens with zero attached hydrogens (tertiary/aromatic N) is 2. The third-order valence-electron chi connectivity index (χ3n) is 3.14. The van der Waals surface area contributed by atoms with Gasteiger partial charge in [-0.15, -0.1) is 0 Å². The van der Waals surface area contributed by atoms with Crippen molar-refractivity contribution in [3.63, 3.8) is 0 Å². The van der Waals surface area contributed by atoms with Gasteiger partial charge in [0.1, 0.15) is 5.02 Å². The van der Waals surface area contributed by atoms with Gasteiger partial charge in [0.2, 0.25) is 10.0 Å². The van der Waals surface area contributed by atoms with Gasteiger partial charge < -0.3 is 4.74 Å². The highest BCUT2D eigenvalue weighted by Gasteiger charge is 2.35. The number of sulfonamides is 1. The predicted molar refractivity (Wildman–Crippen MR) is 76.9 cm³/mol. The molecule has 0 bridgehead atoms. The van der Waals surface area contributed by atoms with Crippen molar-refractivity contribution in [2.45, 2.75) is 24.3 Å². The summed E-state index contributed by atoms with van der Waals surface area (Å²) < 4.78 is 31.9. The molecular weight excluding hydrogens is 320 g/mol. The molecule has 0 atom stereocenters. The minimum Gasteiger partial charge on any atom is -0.373 e. The van der Waals surface area contributed by atoms with Crippen molar-refractivity contribution in [1.29, 1.82) is 0 Å². The Balaban J connectivity index is 2.40. The van der Waals surface area contributed by atoms with E-state index in [1.54, 1.807) is 13.8 Å². The van der Waals surface area contributed by atoms with Crippen LogP contribution in [0.2, 0.25) is 5.02 Å². The zero-order valence-corrected chi connectivity index (χ0v) is 13.1. The summed E-state index contributed by atoms with van der Waals surface area (Å²) in [6, 6.07) is 3.48. The van der Waals surface area contributed by atoms with Gasteiger partial charge in [0.25, 0.3) is 5.69 Å². The maximum atomic E-state index is 12.6. The Morgan fingerprint density at radius 3 is 2.67 bits per heavy atom. The van der Waals surface area contributed by atoms with Crippen LogP contribution in [-0.4, -0.2) is 42.9 Å². The Hall–Kier alpha value is -1.22. The standard InChI is InChI=1S/C12H15ClN2O5S/c1-12(2)8-14(5-6-20-12)21(18,19)9-3-4-10(13)11(7-9)15(16)17/h3-4,7H,5-6,8H2,1-2H3. The van der Waals surface area contributed by atoms with Crippen molar-refractivity contribution in [1.82, 2.24) is 4.31 Å². The Morgan fingerprint density at radius 1 is 1.43 bits per heavy atom. The average molecular weight is 335 g/mol. The molecule has 7 nitrogen and oxygen atoms in total. The van der Waals surface area contributed by atoms with Gasteiger partial charge in [-0.25, -0.2) is 8.42 Å². The maximum Gasteiger partial charge on any atom is 0.289 e. The normalized spacial score (nSPS) is 19.4. The summed E-state index contributed by atoms with van der Waals surface area (Å²) in [4.78, 5) is 10.0. The van der Waals surface area contributed by atoms with Crippen LogP contribution in [-0.2, 0) is 14.8 Å². The summed E-state index contributed by atoms with van der Waals surface area (Å²) in [6.45, 7) is 4.26. The zero-order chi connectivity index (χ0) is 15.8. The molecular formula is C12H15ClN2O5S. The Bertz CT molecular complexity index is 674. The number of morpholine rings is 1. The largest absolute Gasteiger partial charge is 0.373 e. The molecule has 1 aliphatic rings. The van der Waals surface area contributed by atoms with E-state index in [1.165, 1.54) is 16.4 Å². The van der Waals surface area contributed by atoms with E-state index in [0.29, 0.717) is 0 Å². The second-order valence-electron chi connectivity index (χ2n) is 5.32. The van der Waals surface area contributed by atoms with E-state index in [4.69, 9.17) is 16.3 Å². The van der Waals surface area contributed by atoms with Crippen LogP contribution in [0.4, 0.5) is 5.69 Å². The van der Waals surface area contributed by atoms with Gasteiger partial charge in [0.15, 0.2) is 0 Å². The van der Waals surface area contributed by atoms with Crippen LogP contribution in [0, 0.1) is 10.1 Å². The molecule has 0 spiro atoms. The minimum atomic E-state index is -3.82. The fraction of sp³-hybridized carbons (Fsp3) is 0.500. The molecule has 0 saturated carbocycles. The Morgan fingerprint density at radius 2 is 2.10 bits per heavy atom. The first-order chi connectivity index (χ1) is 9.63. The summed E-state index contributed by atoms with van der Waals surface area (Å²) >= 11 is 5.70. The van der Waals surface area contributed by atoms with Gasteiger partial charge in [-0.05, 0) is 26.0 Å². The van der Waals surface area contributed by atoms with Crippen LogP contribution in [0.1, 0.15) is 13.8 Å². The average Bonchev–Trinajstić information content (AvgIpc) is 2.37.